The number of aromatic nitrogens is 1. The van der Waals surface area contributed by atoms with Crippen molar-refractivity contribution in [3.8, 4) is 5.75 Å². The monoisotopic (exact) mass is 491 g/mol. The Morgan fingerprint density at radius 2 is 1.83 bits per heavy atom. The highest BCUT2D eigenvalue weighted by Crippen LogP contribution is 2.35. The Bertz CT molecular complexity index is 1500. The number of thiazole rings is 1. The van der Waals surface area contributed by atoms with Gasteiger partial charge in [0.25, 0.3) is 5.56 Å². The van der Waals surface area contributed by atoms with Gasteiger partial charge in [-0.2, -0.15) is 0 Å². The van der Waals surface area contributed by atoms with Crippen molar-refractivity contribution >= 4 is 29.4 Å². The number of hydrogen-bond acceptors (Lipinski definition) is 8. The summed E-state index contributed by atoms with van der Waals surface area (Å²) >= 11 is 1.19. The van der Waals surface area contributed by atoms with Gasteiger partial charge in [0, 0.05) is 5.56 Å². The van der Waals surface area contributed by atoms with Crippen molar-refractivity contribution in [1.29, 1.82) is 0 Å². The van der Waals surface area contributed by atoms with Crippen molar-refractivity contribution in [2.24, 2.45) is 4.99 Å². The standard InChI is InChI=1S/C26H24N2O6S/c1-4-33-19-9-7-6-8-18(19)22-21(25(32)34-5-2)15(3)27-26-28(22)23(29)20(35-26)14-16-10-12-17(13-11-16)24(30)31/h6-14,22H,4-5H2,1-3H3,(H,30,31)/p-1/b20-14-/t22-/m0/s1. The molecule has 0 spiro atoms. The Labute approximate surface area is 205 Å². The minimum Gasteiger partial charge on any atom is -0.545 e. The van der Waals surface area contributed by atoms with Gasteiger partial charge in [-0.3, -0.25) is 9.36 Å². The third-order valence-electron chi connectivity index (χ3n) is 5.47. The molecule has 1 aliphatic rings. The summed E-state index contributed by atoms with van der Waals surface area (Å²) in [5.41, 5.74) is 1.75. The predicted octanol–water partition coefficient (Wildman–Crippen LogP) is 1.56. The smallest absolute Gasteiger partial charge is 0.338 e. The lowest BCUT2D eigenvalue weighted by Crippen LogP contribution is -2.40. The van der Waals surface area contributed by atoms with Gasteiger partial charge in [-0.05, 0) is 44.0 Å². The van der Waals surface area contributed by atoms with Gasteiger partial charge >= 0.3 is 5.97 Å². The van der Waals surface area contributed by atoms with Crippen LogP contribution in [-0.2, 0) is 9.53 Å². The molecule has 0 unspecified atom stereocenters. The van der Waals surface area contributed by atoms with E-state index in [4.69, 9.17) is 9.47 Å². The summed E-state index contributed by atoms with van der Waals surface area (Å²) in [6.07, 6.45) is 1.66. The minimum absolute atomic E-state index is 0.0471. The van der Waals surface area contributed by atoms with Gasteiger partial charge in [0.15, 0.2) is 4.80 Å². The SMILES string of the molecule is CCOC(=O)C1=C(C)N=c2s/c(=C\c3ccc(C(=O)[O-])cc3)c(=O)n2[C@H]1c1ccccc1OCC. The normalized spacial score (nSPS) is 15.4. The van der Waals surface area contributed by atoms with Crippen LogP contribution in [0.4, 0.5) is 0 Å². The molecular formula is C26H23N2O6S-. The lowest BCUT2D eigenvalue weighted by Gasteiger charge is -2.26. The van der Waals surface area contributed by atoms with Crippen LogP contribution in [0, 0.1) is 0 Å². The van der Waals surface area contributed by atoms with Crippen LogP contribution in [-0.4, -0.2) is 29.7 Å². The van der Waals surface area contributed by atoms with E-state index in [0.717, 1.165) is 0 Å². The van der Waals surface area contributed by atoms with Gasteiger partial charge in [0.05, 0.1) is 35.0 Å². The highest BCUT2D eigenvalue weighted by molar-refractivity contribution is 7.07. The van der Waals surface area contributed by atoms with Gasteiger partial charge in [-0.25, -0.2) is 9.79 Å². The topological polar surface area (TPSA) is 110 Å². The van der Waals surface area contributed by atoms with E-state index in [2.05, 4.69) is 4.99 Å². The fraction of sp³-hybridized carbons (Fsp3) is 0.231. The molecule has 2 aromatic carbocycles. The van der Waals surface area contributed by atoms with E-state index in [1.54, 1.807) is 38.1 Å². The van der Waals surface area contributed by atoms with E-state index >= 15 is 0 Å². The average molecular weight is 492 g/mol. The fourth-order valence-corrected chi connectivity index (χ4v) is 4.99. The molecule has 0 bridgehead atoms. The van der Waals surface area contributed by atoms with E-state index in [1.807, 2.05) is 25.1 Å². The molecule has 0 aliphatic carbocycles. The summed E-state index contributed by atoms with van der Waals surface area (Å²) in [6, 6.07) is 12.5. The van der Waals surface area contributed by atoms with Crippen molar-refractivity contribution in [3.05, 3.63) is 96.2 Å². The Morgan fingerprint density at radius 1 is 1.11 bits per heavy atom. The molecule has 0 saturated heterocycles. The number of ether oxygens (including phenoxy) is 2. The molecule has 8 nitrogen and oxygen atoms in total. The zero-order valence-corrected chi connectivity index (χ0v) is 20.3. The summed E-state index contributed by atoms with van der Waals surface area (Å²) in [5, 5.41) is 11.0. The first-order valence-electron chi connectivity index (χ1n) is 11.1. The molecule has 0 saturated carbocycles. The van der Waals surface area contributed by atoms with E-state index in [1.165, 1.54) is 28.0 Å². The molecule has 1 atom stereocenters. The molecule has 0 fully saturated rings. The second kappa shape index (κ2) is 10.1. The molecule has 4 rings (SSSR count). The first-order valence-corrected chi connectivity index (χ1v) is 11.9. The van der Waals surface area contributed by atoms with E-state index in [-0.39, 0.29) is 23.3 Å². The van der Waals surface area contributed by atoms with Crippen LogP contribution in [0.25, 0.3) is 6.08 Å². The molecule has 1 aromatic heterocycles. The Kier molecular flexibility index (Phi) is 6.97. The lowest BCUT2D eigenvalue weighted by atomic mass is 9.95. The van der Waals surface area contributed by atoms with Crippen molar-refractivity contribution in [2.75, 3.05) is 13.2 Å². The number of nitrogens with zero attached hydrogens (tertiary/aromatic N) is 2. The second-order valence-electron chi connectivity index (χ2n) is 7.68. The maximum atomic E-state index is 13.6. The third kappa shape index (κ3) is 4.67. The summed E-state index contributed by atoms with van der Waals surface area (Å²) in [7, 11) is 0. The van der Waals surface area contributed by atoms with Crippen LogP contribution in [0.1, 0.15) is 48.3 Å². The van der Waals surface area contributed by atoms with Crippen LogP contribution >= 0.6 is 11.3 Å². The van der Waals surface area contributed by atoms with Crippen LogP contribution in [0.15, 0.2) is 69.6 Å². The molecule has 0 radical (unpaired) electrons. The largest absolute Gasteiger partial charge is 0.545 e. The number of allylic oxidation sites excluding steroid dienone is 1. The number of carboxylic acid groups (broad SMARTS) is 1. The zero-order valence-electron chi connectivity index (χ0n) is 19.4. The van der Waals surface area contributed by atoms with Gasteiger partial charge in [0.2, 0.25) is 0 Å². The van der Waals surface area contributed by atoms with Crippen LogP contribution in [0.2, 0.25) is 0 Å². The van der Waals surface area contributed by atoms with Crippen molar-refractivity contribution in [2.45, 2.75) is 26.8 Å². The first kappa shape index (κ1) is 24.2. The summed E-state index contributed by atoms with van der Waals surface area (Å²) < 4.78 is 13.0. The number of hydrogen-bond donors (Lipinski definition) is 0. The number of fused-ring (bicyclic) bond motifs is 1. The quantitative estimate of drug-likeness (QED) is 0.464. The van der Waals surface area contributed by atoms with E-state index in [9.17, 15) is 19.5 Å². The van der Waals surface area contributed by atoms with Crippen LogP contribution in [0.5, 0.6) is 5.75 Å². The van der Waals surface area contributed by atoms with Crippen LogP contribution < -0.4 is 24.7 Å². The Morgan fingerprint density at radius 3 is 2.49 bits per heavy atom. The molecule has 2 heterocycles. The number of carbonyl (C=O) groups is 2. The Balaban J connectivity index is 1.94. The highest BCUT2D eigenvalue weighted by atomic mass is 32.1. The van der Waals surface area contributed by atoms with Crippen molar-refractivity contribution in [3.63, 3.8) is 0 Å². The molecule has 0 amide bonds. The number of aromatic carboxylic acids is 1. The van der Waals surface area contributed by atoms with Crippen molar-refractivity contribution < 1.29 is 24.2 Å². The fourth-order valence-electron chi connectivity index (χ4n) is 3.95. The number of rotatable bonds is 7. The lowest BCUT2D eigenvalue weighted by molar-refractivity contribution is -0.255. The summed E-state index contributed by atoms with van der Waals surface area (Å²) in [6.45, 7) is 5.90. The molecule has 0 N–H and O–H groups in total. The van der Waals surface area contributed by atoms with Gasteiger partial charge in [-0.1, -0.05) is 53.8 Å². The molecular weight excluding hydrogens is 468 g/mol. The predicted molar refractivity (Wildman–Crippen MR) is 129 cm³/mol. The van der Waals surface area contributed by atoms with E-state index < -0.39 is 18.0 Å². The summed E-state index contributed by atoms with van der Waals surface area (Å²) in [4.78, 5) is 42.7. The van der Waals surface area contributed by atoms with Gasteiger partial charge in [-0.15, -0.1) is 0 Å². The maximum Gasteiger partial charge on any atom is 0.338 e. The number of benzene rings is 2. The van der Waals surface area contributed by atoms with E-state index in [0.29, 0.717) is 38.5 Å². The zero-order chi connectivity index (χ0) is 25.1. The molecule has 3 aromatic rings. The Hall–Kier alpha value is -3.98. The summed E-state index contributed by atoms with van der Waals surface area (Å²) in [5.74, 6) is -1.26. The number of esters is 1. The molecule has 35 heavy (non-hydrogen) atoms. The van der Waals surface area contributed by atoms with Crippen molar-refractivity contribution in [1.82, 2.24) is 4.57 Å². The number of carboxylic acids is 1. The first-order chi connectivity index (χ1) is 16.8. The second-order valence-corrected chi connectivity index (χ2v) is 8.69. The highest BCUT2D eigenvalue weighted by Gasteiger charge is 2.35. The third-order valence-corrected chi connectivity index (χ3v) is 6.46. The molecule has 1 aliphatic heterocycles. The number of carbonyl (C=O) groups excluding carboxylic acids is 2. The average Bonchev–Trinajstić information content (AvgIpc) is 3.13. The molecule has 9 heteroatoms. The van der Waals surface area contributed by atoms with Crippen LogP contribution in [0.3, 0.4) is 0 Å². The van der Waals surface area contributed by atoms with Gasteiger partial charge in [0.1, 0.15) is 11.8 Å². The molecule has 180 valence electrons. The minimum atomic E-state index is -1.27. The number of para-hydroxylation sites is 1. The maximum absolute atomic E-state index is 13.6. The van der Waals surface area contributed by atoms with Gasteiger partial charge < -0.3 is 19.4 Å².